The van der Waals surface area contributed by atoms with Crippen LogP contribution in [0.1, 0.15) is 80.3 Å². The number of amides is 1. The summed E-state index contributed by atoms with van der Waals surface area (Å²) in [7, 11) is 4.14. The number of halogens is 3. The number of fused-ring (bicyclic) bond motifs is 5. The van der Waals surface area contributed by atoms with Gasteiger partial charge in [0.2, 0.25) is 0 Å². The van der Waals surface area contributed by atoms with Crippen molar-refractivity contribution in [1.29, 1.82) is 5.26 Å². The van der Waals surface area contributed by atoms with Crippen LogP contribution in [-0.4, -0.2) is 57.8 Å². The van der Waals surface area contributed by atoms with Crippen molar-refractivity contribution in [3.8, 4) is 6.07 Å². The lowest BCUT2D eigenvalue weighted by Gasteiger charge is -2.04. The number of alkyl halides is 2. The summed E-state index contributed by atoms with van der Waals surface area (Å²) < 4.78 is 20.6. The van der Waals surface area contributed by atoms with Gasteiger partial charge in [-0.25, -0.2) is 9.59 Å². The van der Waals surface area contributed by atoms with Crippen molar-refractivity contribution in [2.75, 3.05) is 40.5 Å². The number of ketones is 1. The summed E-state index contributed by atoms with van der Waals surface area (Å²) in [5.41, 5.74) is 12.0. The molecule has 88 heavy (non-hydrogen) atoms. The zero-order valence-electron chi connectivity index (χ0n) is 50.8. The maximum Gasteiger partial charge on any atom is 0.406 e. The highest BCUT2D eigenvalue weighted by Gasteiger charge is 2.20. The number of nitriles is 1. The van der Waals surface area contributed by atoms with E-state index >= 15 is 0 Å². The molecule has 6 heterocycles. The summed E-state index contributed by atoms with van der Waals surface area (Å²) >= 11 is 26.3. The van der Waals surface area contributed by atoms with Crippen LogP contribution in [0.25, 0.3) is 60.5 Å². The number of rotatable bonds is 7. The van der Waals surface area contributed by atoms with Crippen LogP contribution in [0.2, 0.25) is 0 Å². The summed E-state index contributed by atoms with van der Waals surface area (Å²) in [5.74, 6) is 0.938. The molecule has 12 aromatic rings. The lowest BCUT2D eigenvalue weighted by Crippen LogP contribution is -2.25. The summed E-state index contributed by atoms with van der Waals surface area (Å²) in [4.78, 5) is 40.2. The van der Waals surface area contributed by atoms with Gasteiger partial charge in [-0.15, -0.1) is 79.6 Å². The van der Waals surface area contributed by atoms with E-state index in [2.05, 4.69) is 175 Å². The Morgan fingerprint density at radius 2 is 1.02 bits per heavy atom. The van der Waals surface area contributed by atoms with Crippen molar-refractivity contribution in [3.05, 3.63) is 208 Å². The molecule has 1 aliphatic carbocycles. The van der Waals surface area contributed by atoms with Crippen molar-refractivity contribution >= 4 is 181 Å². The standard InChI is InChI=1S/C13H15NO2S.C13H12OS.C11H13NS.C10H9ClS.C10H7NS.C9H8S.C2H3ClO2.C2H5ClO/c1-9-10(7-8-14-13(15)16-2)11-5-3-4-6-12(11)17-9;1-8-9-4-2-6-11(14)10-5-3-7-12(15-8)13(9)10;1-8-9(6-7-12)10-4-2-3-5-11(10)13-8;2*1-7-9(6-11)8-4-2-3-5-10(8)12-7;1-7-6-8-4-2-3-5-9(8)10-7;1-5-2(3)4;1-4-2-3/h3-6H,7-8H2,1-2H3,(H,14,15);3,5,7H,2,4,6H2,1H3;2-5H,6-7,12H2,1H3;2-5H,6H2,1H3;2-5H,1H3;2-6H,1H3;1H3;2H2,1H3. The predicted octanol–water partition coefficient (Wildman–Crippen LogP) is 21.6. The first-order valence-electron chi connectivity index (χ1n) is 28.2. The molecule has 18 heteroatoms. The molecule has 9 nitrogen and oxygen atoms in total. The maximum atomic E-state index is 11.9. The molecule has 6 aromatic carbocycles. The smallest absolute Gasteiger partial charge is 0.406 e. The van der Waals surface area contributed by atoms with Gasteiger partial charge in [0.05, 0.1) is 19.8 Å². The molecule has 0 spiro atoms. The zero-order chi connectivity index (χ0) is 63.7. The van der Waals surface area contributed by atoms with E-state index in [1.54, 1.807) is 29.8 Å². The monoisotopic (exact) mass is 1350 g/mol. The number of carbonyl (C=O) groups is 3. The average Bonchev–Trinajstić information content (AvgIpc) is 2.72. The maximum absolute atomic E-state index is 11.9. The zero-order valence-corrected chi connectivity index (χ0v) is 57.9. The van der Waals surface area contributed by atoms with Crippen molar-refractivity contribution in [2.45, 2.75) is 79.5 Å². The number of carbonyl (C=O) groups excluding carboxylic acids is 3. The van der Waals surface area contributed by atoms with E-state index < -0.39 is 5.43 Å². The van der Waals surface area contributed by atoms with E-state index in [-0.39, 0.29) is 6.09 Å². The van der Waals surface area contributed by atoms with E-state index in [9.17, 15) is 14.4 Å². The Morgan fingerprint density at radius 1 is 0.568 bits per heavy atom. The third-order valence-corrected chi connectivity index (χ3v) is 21.2. The molecule has 0 saturated heterocycles. The van der Waals surface area contributed by atoms with Crippen LogP contribution in [0, 0.1) is 52.9 Å². The quantitative estimate of drug-likeness (QED) is 0.119. The number of thiophene rings is 6. The molecule has 0 radical (unpaired) electrons. The third-order valence-electron chi connectivity index (χ3n) is 13.9. The molecule has 460 valence electrons. The number of nitrogens with zero attached hydrogens (tertiary/aromatic N) is 1. The van der Waals surface area contributed by atoms with Gasteiger partial charge >= 0.3 is 11.5 Å². The normalized spacial score (nSPS) is 11.1. The van der Waals surface area contributed by atoms with Crippen molar-refractivity contribution in [2.24, 2.45) is 5.73 Å². The van der Waals surface area contributed by atoms with E-state index in [1.807, 2.05) is 94.7 Å². The van der Waals surface area contributed by atoms with Crippen LogP contribution < -0.4 is 11.1 Å². The molecule has 3 N–H and O–H groups in total. The Bertz CT molecular complexity index is 4230. The molecule has 0 atom stereocenters. The van der Waals surface area contributed by atoms with Crippen molar-refractivity contribution in [1.82, 2.24) is 5.32 Å². The van der Waals surface area contributed by atoms with Gasteiger partial charge in [0.25, 0.3) is 0 Å². The minimum atomic E-state index is -0.773. The van der Waals surface area contributed by atoms with Crippen LogP contribution in [0.5, 0.6) is 0 Å². The van der Waals surface area contributed by atoms with Crippen LogP contribution in [0.3, 0.4) is 0 Å². The molecule has 0 unspecified atom stereocenters. The fraction of sp³-hybridized carbons (Fsp3) is 0.257. The third kappa shape index (κ3) is 19.6. The topological polar surface area (TPSA) is 141 Å². The molecule has 0 bridgehead atoms. The van der Waals surface area contributed by atoms with Gasteiger partial charge in [-0.1, -0.05) is 115 Å². The van der Waals surface area contributed by atoms with Gasteiger partial charge in [0.1, 0.15) is 12.1 Å². The molecule has 0 aliphatic heterocycles. The number of nitrogens with two attached hydrogens (primary N) is 1. The largest absolute Gasteiger partial charge is 0.457 e. The molecule has 0 saturated carbocycles. The molecule has 6 aromatic heterocycles. The number of benzene rings is 6. The molecular weight excluding hydrogens is 1280 g/mol. The first-order valence-corrected chi connectivity index (χ1v) is 34.5. The van der Waals surface area contributed by atoms with Gasteiger partial charge in [-0.3, -0.25) is 4.79 Å². The second-order valence-electron chi connectivity index (χ2n) is 19.7. The molecular formula is C70H72Cl3N3O6S6. The van der Waals surface area contributed by atoms with Crippen LogP contribution in [-0.2, 0) is 39.4 Å². The van der Waals surface area contributed by atoms with Gasteiger partial charge in [0, 0.05) is 111 Å². The predicted molar refractivity (Wildman–Crippen MR) is 384 cm³/mol. The number of hydrogen-bond donors (Lipinski definition) is 2. The Kier molecular flexibility index (Phi) is 29.3. The molecule has 1 amide bonds. The fourth-order valence-electron chi connectivity index (χ4n) is 9.80. The number of methoxy groups -OCH3 is 3. The summed E-state index contributed by atoms with van der Waals surface area (Å²) in [5, 5.41) is 19.3. The number of aryl methyl sites for hydroxylation is 7. The number of alkyl carbamates (subject to hydrolysis) is 1. The summed E-state index contributed by atoms with van der Waals surface area (Å²) in [6, 6.07) is 52.6. The summed E-state index contributed by atoms with van der Waals surface area (Å²) in [6.07, 6.45) is 4.23. The van der Waals surface area contributed by atoms with Crippen LogP contribution in [0.15, 0.2) is 146 Å². The minimum Gasteiger partial charge on any atom is -0.457 e. The van der Waals surface area contributed by atoms with Crippen LogP contribution >= 0.6 is 103 Å². The fourth-order valence-corrected chi connectivity index (χ4v) is 16.6. The first-order chi connectivity index (χ1) is 42.5. The minimum absolute atomic E-state index is 0.292. The number of ether oxygens (including phenoxy) is 3. The van der Waals surface area contributed by atoms with E-state index in [0.717, 1.165) is 53.6 Å². The van der Waals surface area contributed by atoms with E-state index in [4.69, 9.17) is 34.2 Å². The van der Waals surface area contributed by atoms with Gasteiger partial charge in [-0.2, -0.15) is 5.26 Å². The number of Topliss-reactive ketones (excluding diaryl/α,β-unsaturated/α-hetero) is 1. The first kappa shape index (κ1) is 70.9. The lowest BCUT2D eigenvalue weighted by atomic mass is 10.0. The second-order valence-corrected chi connectivity index (χ2v) is 28.1. The van der Waals surface area contributed by atoms with Crippen LogP contribution in [0.4, 0.5) is 9.59 Å². The van der Waals surface area contributed by atoms with Gasteiger partial charge in [0.15, 0.2) is 5.78 Å². The highest BCUT2D eigenvalue weighted by atomic mass is 35.5. The second kappa shape index (κ2) is 36.4. The lowest BCUT2D eigenvalue weighted by molar-refractivity contribution is 0.0983. The number of hydrogen-bond acceptors (Lipinski definition) is 14. The van der Waals surface area contributed by atoms with E-state index in [1.165, 1.54) is 116 Å². The molecule has 13 rings (SSSR count). The Balaban J connectivity index is 0.000000165. The van der Waals surface area contributed by atoms with Crippen molar-refractivity contribution < 1.29 is 28.6 Å². The van der Waals surface area contributed by atoms with Crippen molar-refractivity contribution in [3.63, 3.8) is 0 Å². The van der Waals surface area contributed by atoms with E-state index in [0.29, 0.717) is 30.7 Å². The molecule has 0 fully saturated rings. The summed E-state index contributed by atoms with van der Waals surface area (Å²) in [6.45, 7) is 14.1. The Labute approximate surface area is 555 Å². The highest BCUT2D eigenvalue weighted by molar-refractivity contribution is 7.21. The molecule has 1 aliphatic rings. The SMILES string of the molecule is COC(=O)Cl.COC(=O)NCCc1c(C)sc2ccccc12.COCCl.Cc1cc2ccccc2s1.Cc1sc2cccc3c2c1CCCC3=O.Cc1sc2ccccc2c1C#N.Cc1sc2ccccc2c1CCN.Cc1sc2ccccc2c1CCl. The van der Waals surface area contributed by atoms with Gasteiger partial charge < -0.3 is 25.3 Å². The Hall–Kier alpha value is -6.23. The number of nitrogens with one attached hydrogen (secondary N) is 1. The Morgan fingerprint density at radius 3 is 1.52 bits per heavy atom. The highest BCUT2D eigenvalue weighted by Crippen LogP contribution is 2.38. The van der Waals surface area contributed by atoms with Gasteiger partial charge in [-0.05, 0) is 160 Å². The average molecular weight is 1350 g/mol.